The van der Waals surface area contributed by atoms with E-state index in [9.17, 15) is 30.0 Å². The van der Waals surface area contributed by atoms with Crippen molar-refractivity contribution >= 4 is 11.9 Å². The maximum atomic E-state index is 12.7. The molecule has 54 heavy (non-hydrogen) atoms. The van der Waals surface area contributed by atoms with Crippen LogP contribution >= 0.6 is 0 Å². The Bertz CT molecular complexity index is 1070. The highest BCUT2D eigenvalue weighted by molar-refractivity contribution is 5.70. The summed E-state index contributed by atoms with van der Waals surface area (Å²) in [5, 5.41) is 40.0. The van der Waals surface area contributed by atoms with Crippen LogP contribution in [0.1, 0.15) is 149 Å². The highest BCUT2D eigenvalue weighted by atomic mass is 16.7. The zero-order valence-corrected chi connectivity index (χ0v) is 33.4. The molecule has 0 amide bonds. The van der Waals surface area contributed by atoms with E-state index in [0.29, 0.717) is 12.8 Å². The van der Waals surface area contributed by atoms with E-state index in [4.69, 9.17) is 18.9 Å². The van der Waals surface area contributed by atoms with Crippen molar-refractivity contribution in [2.45, 2.75) is 185 Å². The van der Waals surface area contributed by atoms with Crippen LogP contribution in [0.3, 0.4) is 0 Å². The quantitative estimate of drug-likeness (QED) is 0.0292. The normalized spacial score (nSPS) is 21.3. The van der Waals surface area contributed by atoms with Gasteiger partial charge < -0.3 is 39.4 Å². The fourth-order valence-electron chi connectivity index (χ4n) is 5.76. The van der Waals surface area contributed by atoms with E-state index in [1.54, 1.807) is 0 Å². The van der Waals surface area contributed by atoms with Crippen LogP contribution in [-0.2, 0) is 28.5 Å². The summed E-state index contributed by atoms with van der Waals surface area (Å²) in [4.78, 5) is 25.2. The molecular formula is C44H74O10. The van der Waals surface area contributed by atoms with Gasteiger partial charge in [0.1, 0.15) is 31.0 Å². The molecule has 0 saturated carbocycles. The molecule has 1 aliphatic rings. The smallest absolute Gasteiger partial charge is 0.306 e. The second kappa shape index (κ2) is 34.9. The Morgan fingerprint density at radius 2 is 1.06 bits per heavy atom. The van der Waals surface area contributed by atoms with Crippen molar-refractivity contribution in [2.24, 2.45) is 0 Å². The summed E-state index contributed by atoms with van der Waals surface area (Å²) >= 11 is 0. The first-order valence-electron chi connectivity index (χ1n) is 20.9. The standard InChI is InChI=1S/C44H74O10/c1-3-5-7-9-11-13-15-17-18-19-20-21-23-24-26-28-30-32-39(46)51-35-37(36-52-44-43(50)42(49)41(48)38(34-45)54-44)53-40(47)33-31-29-27-25-22-16-14-12-10-8-6-4-2/h11-14,17-18,20-21,24,26,37-38,41-45,48-50H,3-10,15-16,19,22-23,25,27-36H2,1-2H3/b13-11+,14-12+,18-17+,21-20+,26-24+/t37-,38-,41+,42?,43?,44-/m0/s1. The summed E-state index contributed by atoms with van der Waals surface area (Å²) in [6.07, 6.45) is 33.8. The highest BCUT2D eigenvalue weighted by Gasteiger charge is 2.44. The van der Waals surface area contributed by atoms with Crippen molar-refractivity contribution in [1.29, 1.82) is 0 Å². The van der Waals surface area contributed by atoms with Gasteiger partial charge in [-0.2, -0.15) is 0 Å². The molecular weight excluding hydrogens is 688 g/mol. The second-order valence-corrected chi connectivity index (χ2v) is 14.1. The van der Waals surface area contributed by atoms with Crippen molar-refractivity contribution in [1.82, 2.24) is 0 Å². The molecule has 1 saturated heterocycles. The van der Waals surface area contributed by atoms with Gasteiger partial charge in [-0.15, -0.1) is 0 Å². The van der Waals surface area contributed by atoms with Crippen LogP contribution in [0.2, 0.25) is 0 Å². The number of unbranched alkanes of at least 4 members (excludes halogenated alkanes) is 12. The second-order valence-electron chi connectivity index (χ2n) is 14.1. The van der Waals surface area contributed by atoms with Gasteiger partial charge in [-0.1, -0.05) is 120 Å². The molecule has 0 aliphatic carbocycles. The van der Waals surface area contributed by atoms with Crippen LogP contribution in [0, 0.1) is 0 Å². The lowest BCUT2D eigenvalue weighted by atomic mass is 9.99. The molecule has 1 heterocycles. The third kappa shape index (κ3) is 26.2. The number of rotatable bonds is 33. The monoisotopic (exact) mass is 763 g/mol. The van der Waals surface area contributed by atoms with Gasteiger partial charge in [0.15, 0.2) is 12.4 Å². The number of hydrogen-bond donors (Lipinski definition) is 4. The van der Waals surface area contributed by atoms with Crippen molar-refractivity contribution in [3.8, 4) is 0 Å². The van der Waals surface area contributed by atoms with Crippen molar-refractivity contribution in [3.63, 3.8) is 0 Å². The molecule has 0 spiro atoms. The number of allylic oxidation sites excluding steroid dienone is 10. The molecule has 0 aromatic rings. The Labute approximate surface area is 326 Å². The molecule has 10 heteroatoms. The first kappa shape index (κ1) is 49.4. The van der Waals surface area contributed by atoms with Gasteiger partial charge >= 0.3 is 11.9 Å². The molecule has 4 N–H and O–H groups in total. The minimum atomic E-state index is -1.61. The summed E-state index contributed by atoms with van der Waals surface area (Å²) in [7, 11) is 0. The number of carbonyl (C=O) groups is 2. The minimum absolute atomic E-state index is 0.195. The van der Waals surface area contributed by atoms with Crippen LogP contribution < -0.4 is 0 Å². The summed E-state index contributed by atoms with van der Waals surface area (Å²) in [6, 6.07) is 0. The average Bonchev–Trinajstić information content (AvgIpc) is 3.17. The van der Waals surface area contributed by atoms with Gasteiger partial charge in [-0.05, 0) is 77.0 Å². The lowest BCUT2D eigenvalue weighted by Gasteiger charge is -2.39. The maximum Gasteiger partial charge on any atom is 0.306 e. The molecule has 6 atom stereocenters. The number of esters is 2. The highest BCUT2D eigenvalue weighted by Crippen LogP contribution is 2.22. The van der Waals surface area contributed by atoms with Gasteiger partial charge in [0, 0.05) is 12.8 Å². The Morgan fingerprint density at radius 3 is 1.63 bits per heavy atom. The Morgan fingerprint density at radius 1 is 0.574 bits per heavy atom. The summed E-state index contributed by atoms with van der Waals surface area (Å²) in [5.74, 6) is -0.889. The van der Waals surface area contributed by atoms with Gasteiger partial charge in [-0.25, -0.2) is 0 Å². The molecule has 2 unspecified atom stereocenters. The number of aliphatic hydroxyl groups is 4. The van der Waals surface area contributed by atoms with E-state index in [2.05, 4.69) is 68.5 Å². The van der Waals surface area contributed by atoms with Gasteiger partial charge in [-0.3, -0.25) is 9.59 Å². The predicted octanol–water partition coefficient (Wildman–Crippen LogP) is 8.27. The summed E-state index contributed by atoms with van der Waals surface area (Å²) in [5.41, 5.74) is 0. The molecule has 1 rings (SSSR count). The third-order valence-electron chi connectivity index (χ3n) is 9.13. The maximum absolute atomic E-state index is 12.7. The molecule has 0 aromatic heterocycles. The topological polar surface area (TPSA) is 152 Å². The number of hydrogen-bond acceptors (Lipinski definition) is 10. The minimum Gasteiger partial charge on any atom is -0.462 e. The van der Waals surface area contributed by atoms with Gasteiger partial charge in [0.05, 0.1) is 13.2 Å². The van der Waals surface area contributed by atoms with Crippen molar-refractivity contribution < 1.29 is 49.0 Å². The fraction of sp³-hybridized carbons (Fsp3) is 0.727. The number of ether oxygens (including phenoxy) is 4. The largest absolute Gasteiger partial charge is 0.462 e. The van der Waals surface area contributed by atoms with Crippen LogP contribution in [0.25, 0.3) is 0 Å². The average molecular weight is 763 g/mol. The SMILES string of the molecule is CCCCC/C=C/C/C=C/C/C=C/C/C=C/CCCC(=O)OC[C@@H](CO[C@H]1O[C@@H](CO)[C@@H](O)C(O)C1O)OC(=O)CCCCCCC/C=C/CCCCC. The Balaban J connectivity index is 2.42. The summed E-state index contributed by atoms with van der Waals surface area (Å²) < 4.78 is 22.0. The van der Waals surface area contributed by atoms with Crippen LogP contribution in [0.15, 0.2) is 60.8 Å². The molecule has 10 nitrogen and oxygen atoms in total. The Hall–Kier alpha value is -2.60. The molecule has 0 aromatic carbocycles. The van der Waals surface area contributed by atoms with Gasteiger partial charge in [0.25, 0.3) is 0 Å². The number of aliphatic hydroxyl groups excluding tert-OH is 4. The molecule has 1 fully saturated rings. The van der Waals surface area contributed by atoms with E-state index in [1.165, 1.54) is 38.5 Å². The van der Waals surface area contributed by atoms with Crippen molar-refractivity contribution in [2.75, 3.05) is 19.8 Å². The van der Waals surface area contributed by atoms with Crippen LogP contribution in [-0.4, -0.2) is 89.0 Å². The van der Waals surface area contributed by atoms with Crippen LogP contribution in [0.5, 0.6) is 0 Å². The molecule has 0 radical (unpaired) electrons. The first-order valence-corrected chi connectivity index (χ1v) is 20.9. The van der Waals surface area contributed by atoms with Crippen molar-refractivity contribution in [3.05, 3.63) is 60.8 Å². The molecule has 310 valence electrons. The zero-order chi connectivity index (χ0) is 39.5. The summed E-state index contributed by atoms with van der Waals surface area (Å²) in [6.45, 7) is 3.28. The predicted molar refractivity (Wildman–Crippen MR) is 215 cm³/mol. The fourth-order valence-corrected chi connectivity index (χ4v) is 5.76. The van der Waals surface area contributed by atoms with E-state index in [1.807, 2.05) is 6.08 Å². The van der Waals surface area contributed by atoms with E-state index in [0.717, 1.165) is 70.6 Å². The number of carbonyl (C=O) groups excluding carboxylic acids is 2. The zero-order valence-electron chi connectivity index (χ0n) is 33.4. The lowest BCUT2D eigenvalue weighted by Crippen LogP contribution is -2.59. The van der Waals surface area contributed by atoms with E-state index < -0.39 is 55.4 Å². The third-order valence-corrected chi connectivity index (χ3v) is 9.13. The lowest BCUT2D eigenvalue weighted by molar-refractivity contribution is -0.305. The molecule has 0 bridgehead atoms. The molecule has 1 aliphatic heterocycles. The van der Waals surface area contributed by atoms with Crippen LogP contribution in [0.4, 0.5) is 0 Å². The van der Waals surface area contributed by atoms with E-state index in [-0.39, 0.29) is 26.1 Å². The van der Waals surface area contributed by atoms with E-state index >= 15 is 0 Å². The van der Waals surface area contributed by atoms with Gasteiger partial charge in [0.2, 0.25) is 0 Å². The first-order chi connectivity index (χ1) is 26.3. The Kier molecular flexibility index (Phi) is 31.9.